The van der Waals surface area contributed by atoms with Crippen LogP contribution in [0.4, 0.5) is 0 Å². The lowest BCUT2D eigenvalue weighted by Gasteiger charge is -2.16. The Bertz CT molecular complexity index is 280. The highest BCUT2D eigenvalue weighted by molar-refractivity contribution is 5.85. The lowest BCUT2D eigenvalue weighted by molar-refractivity contribution is -0.145. The van der Waals surface area contributed by atoms with Gasteiger partial charge in [0.2, 0.25) is 5.91 Å². The van der Waals surface area contributed by atoms with Crippen LogP contribution >= 0.6 is 0 Å². The lowest BCUT2D eigenvalue weighted by atomic mass is 10.0. The second-order valence-electron chi connectivity index (χ2n) is 4.68. The number of amides is 1. The van der Waals surface area contributed by atoms with Gasteiger partial charge in [-0.2, -0.15) is 0 Å². The number of rotatable bonds is 3. The van der Waals surface area contributed by atoms with E-state index in [9.17, 15) is 9.59 Å². The molecule has 2 unspecified atom stereocenters. The van der Waals surface area contributed by atoms with Crippen molar-refractivity contribution in [3.63, 3.8) is 0 Å². The molecule has 0 aliphatic heterocycles. The molecule has 4 heteroatoms. The average molecular weight is 211 g/mol. The second kappa shape index (κ2) is 3.83. The molecule has 0 aromatic carbocycles. The molecule has 0 heterocycles. The highest BCUT2D eigenvalue weighted by Crippen LogP contribution is 2.54. The summed E-state index contributed by atoms with van der Waals surface area (Å²) in [6.07, 6.45) is 3.31. The predicted octanol–water partition coefficient (Wildman–Crippen LogP) is 0.710. The number of methoxy groups -OCH3 is 1. The second-order valence-corrected chi connectivity index (χ2v) is 4.68. The van der Waals surface area contributed by atoms with Crippen molar-refractivity contribution in [1.29, 1.82) is 0 Å². The fourth-order valence-corrected chi connectivity index (χ4v) is 2.50. The summed E-state index contributed by atoms with van der Waals surface area (Å²) < 4.78 is 4.55. The molecule has 2 rings (SSSR count). The fourth-order valence-electron chi connectivity index (χ4n) is 2.50. The van der Waals surface area contributed by atoms with Gasteiger partial charge in [0.15, 0.2) is 0 Å². The summed E-state index contributed by atoms with van der Waals surface area (Å²) >= 11 is 0. The minimum atomic E-state index is -0.528. The van der Waals surface area contributed by atoms with Crippen molar-refractivity contribution < 1.29 is 14.3 Å². The zero-order valence-corrected chi connectivity index (χ0v) is 9.16. The molecule has 3 atom stereocenters. The minimum Gasteiger partial charge on any atom is -0.467 e. The molecule has 2 aliphatic rings. The number of fused-ring (bicyclic) bond motifs is 1. The molecule has 0 bridgehead atoms. The quantitative estimate of drug-likeness (QED) is 0.699. The highest BCUT2D eigenvalue weighted by Gasteiger charge is 2.48. The number of carbonyl (C=O) groups is 2. The van der Waals surface area contributed by atoms with Gasteiger partial charge in [-0.25, -0.2) is 4.79 Å². The first-order valence-corrected chi connectivity index (χ1v) is 5.50. The Morgan fingerprint density at radius 2 is 1.87 bits per heavy atom. The number of hydrogen-bond acceptors (Lipinski definition) is 3. The largest absolute Gasteiger partial charge is 0.467 e. The summed E-state index contributed by atoms with van der Waals surface area (Å²) in [5.41, 5.74) is 0. The molecule has 2 aliphatic carbocycles. The molecule has 0 radical (unpaired) electrons. The van der Waals surface area contributed by atoms with Crippen LogP contribution < -0.4 is 5.32 Å². The van der Waals surface area contributed by atoms with Crippen LogP contribution in [-0.4, -0.2) is 25.0 Å². The molecule has 84 valence electrons. The molecule has 0 aromatic heterocycles. The van der Waals surface area contributed by atoms with Gasteiger partial charge in [0.25, 0.3) is 0 Å². The molecule has 15 heavy (non-hydrogen) atoms. The van der Waals surface area contributed by atoms with Crippen LogP contribution in [-0.2, 0) is 14.3 Å². The van der Waals surface area contributed by atoms with Crippen molar-refractivity contribution >= 4 is 11.9 Å². The van der Waals surface area contributed by atoms with Gasteiger partial charge in [-0.1, -0.05) is 0 Å². The summed E-state index contributed by atoms with van der Waals surface area (Å²) in [5.74, 6) is 1.33. The minimum absolute atomic E-state index is 0.0140. The summed E-state index contributed by atoms with van der Waals surface area (Å²) in [7, 11) is 1.33. The summed E-state index contributed by atoms with van der Waals surface area (Å²) in [6.45, 7) is 1.65. The first kappa shape index (κ1) is 10.5. The third-order valence-electron chi connectivity index (χ3n) is 3.53. The first-order valence-electron chi connectivity index (χ1n) is 5.50. The van der Waals surface area contributed by atoms with E-state index in [-0.39, 0.29) is 17.8 Å². The molecule has 0 aromatic rings. The molecule has 0 spiro atoms. The average Bonchev–Trinajstić information content (AvgIpc) is 2.84. The van der Waals surface area contributed by atoms with E-state index in [1.54, 1.807) is 6.92 Å². The number of esters is 1. The van der Waals surface area contributed by atoms with Crippen molar-refractivity contribution in [2.24, 2.45) is 17.8 Å². The summed E-state index contributed by atoms with van der Waals surface area (Å²) in [5, 5.41) is 2.70. The monoisotopic (exact) mass is 211 g/mol. The Labute approximate surface area is 89.4 Å². The third kappa shape index (κ3) is 2.13. The Hall–Kier alpha value is -1.06. The molecule has 2 saturated carbocycles. The molecular formula is C11H17NO3. The molecule has 1 N–H and O–H groups in total. The lowest BCUT2D eigenvalue weighted by Crippen LogP contribution is -2.42. The Kier molecular flexibility index (Phi) is 2.67. The van der Waals surface area contributed by atoms with E-state index in [4.69, 9.17) is 0 Å². The van der Waals surface area contributed by atoms with E-state index < -0.39 is 6.04 Å². The van der Waals surface area contributed by atoms with Gasteiger partial charge < -0.3 is 10.1 Å². The van der Waals surface area contributed by atoms with Crippen molar-refractivity contribution in [2.45, 2.75) is 32.2 Å². The molecule has 4 nitrogen and oxygen atoms in total. The van der Waals surface area contributed by atoms with Gasteiger partial charge in [0.1, 0.15) is 6.04 Å². The van der Waals surface area contributed by atoms with E-state index in [2.05, 4.69) is 10.1 Å². The van der Waals surface area contributed by atoms with Gasteiger partial charge in [0.05, 0.1) is 7.11 Å². The van der Waals surface area contributed by atoms with Crippen LogP contribution in [0.3, 0.4) is 0 Å². The van der Waals surface area contributed by atoms with Crippen molar-refractivity contribution in [1.82, 2.24) is 5.32 Å². The molecular weight excluding hydrogens is 194 g/mol. The molecule has 0 saturated heterocycles. The Morgan fingerprint density at radius 1 is 1.27 bits per heavy atom. The van der Waals surface area contributed by atoms with Crippen molar-refractivity contribution in [3.8, 4) is 0 Å². The van der Waals surface area contributed by atoms with Crippen molar-refractivity contribution in [2.75, 3.05) is 7.11 Å². The van der Waals surface area contributed by atoms with Crippen LogP contribution in [0.25, 0.3) is 0 Å². The van der Waals surface area contributed by atoms with Gasteiger partial charge in [0, 0.05) is 5.92 Å². The van der Waals surface area contributed by atoms with Gasteiger partial charge in [-0.15, -0.1) is 0 Å². The smallest absolute Gasteiger partial charge is 0.328 e. The summed E-state index contributed by atoms with van der Waals surface area (Å²) in [4.78, 5) is 22.8. The van der Waals surface area contributed by atoms with Crippen LogP contribution in [0, 0.1) is 17.8 Å². The number of carbonyl (C=O) groups excluding carboxylic acids is 2. The highest BCUT2D eigenvalue weighted by atomic mass is 16.5. The predicted molar refractivity (Wildman–Crippen MR) is 53.9 cm³/mol. The van der Waals surface area contributed by atoms with Crippen LogP contribution in [0.1, 0.15) is 26.2 Å². The van der Waals surface area contributed by atoms with Gasteiger partial charge in [-0.3, -0.25) is 4.79 Å². The Morgan fingerprint density at radius 3 is 2.40 bits per heavy atom. The topological polar surface area (TPSA) is 55.4 Å². The SMILES string of the molecule is COC(=O)[C@H](C)NC(=O)C1CC2CC2C1. The number of ether oxygens (including phenoxy) is 1. The maximum Gasteiger partial charge on any atom is 0.328 e. The van der Waals surface area contributed by atoms with Crippen LogP contribution in [0.2, 0.25) is 0 Å². The third-order valence-corrected chi connectivity index (χ3v) is 3.53. The molecule has 2 fully saturated rings. The van der Waals surface area contributed by atoms with Gasteiger partial charge in [-0.05, 0) is 38.0 Å². The fraction of sp³-hybridized carbons (Fsp3) is 0.818. The van der Waals surface area contributed by atoms with E-state index in [0.29, 0.717) is 0 Å². The van der Waals surface area contributed by atoms with E-state index >= 15 is 0 Å². The first-order chi connectivity index (χ1) is 7.11. The van der Waals surface area contributed by atoms with Crippen LogP contribution in [0.5, 0.6) is 0 Å². The molecule has 1 amide bonds. The number of hydrogen-bond donors (Lipinski definition) is 1. The Balaban J connectivity index is 1.79. The van der Waals surface area contributed by atoms with Crippen molar-refractivity contribution in [3.05, 3.63) is 0 Å². The van der Waals surface area contributed by atoms with E-state index in [1.807, 2.05) is 0 Å². The maximum absolute atomic E-state index is 11.7. The standard InChI is InChI=1S/C11H17NO3/c1-6(11(14)15-2)12-10(13)9-4-7-3-8(7)5-9/h6-9H,3-5H2,1-2H3,(H,12,13)/t6-,7?,8?,9?/m0/s1. The van der Waals surface area contributed by atoms with Gasteiger partial charge >= 0.3 is 5.97 Å². The van der Waals surface area contributed by atoms with E-state index in [1.165, 1.54) is 13.5 Å². The number of nitrogens with one attached hydrogen (secondary N) is 1. The summed E-state index contributed by atoms with van der Waals surface area (Å²) in [6, 6.07) is -0.528. The van der Waals surface area contributed by atoms with Crippen LogP contribution in [0.15, 0.2) is 0 Å². The maximum atomic E-state index is 11.7. The zero-order valence-electron chi connectivity index (χ0n) is 9.16. The van der Waals surface area contributed by atoms with E-state index in [0.717, 1.165) is 24.7 Å². The normalized spacial score (nSPS) is 34.1. The zero-order chi connectivity index (χ0) is 11.0.